The highest BCUT2D eigenvalue weighted by atomic mass is 16.6. The maximum absolute atomic E-state index is 12.3. The van der Waals surface area contributed by atoms with Crippen LogP contribution in [0, 0.1) is 6.92 Å². The number of carbonyl (C=O) groups excluding carboxylic acids is 2. The van der Waals surface area contributed by atoms with E-state index in [0.29, 0.717) is 11.1 Å². The molecule has 0 saturated heterocycles. The largest absolute Gasteiger partial charge is 0.386 e. The average molecular weight is 312 g/mol. The molecule has 0 aliphatic carbocycles. The van der Waals surface area contributed by atoms with Gasteiger partial charge in [0.2, 0.25) is 0 Å². The van der Waals surface area contributed by atoms with Crippen molar-refractivity contribution in [3.05, 3.63) is 71.3 Å². The zero-order valence-electron chi connectivity index (χ0n) is 12.9. The minimum atomic E-state index is -0.557. The van der Waals surface area contributed by atoms with Gasteiger partial charge in [0, 0.05) is 0 Å². The fourth-order valence-corrected chi connectivity index (χ4v) is 3.73. The van der Waals surface area contributed by atoms with Gasteiger partial charge in [0.05, 0.1) is 11.1 Å². The van der Waals surface area contributed by atoms with E-state index in [4.69, 9.17) is 4.74 Å². The van der Waals surface area contributed by atoms with Crippen molar-refractivity contribution in [2.75, 3.05) is 0 Å². The van der Waals surface area contributed by atoms with E-state index in [2.05, 4.69) is 0 Å². The number of hydrogen-bond donors (Lipinski definition) is 0. The molecular formula is C21H12O3. The van der Waals surface area contributed by atoms with Crippen LogP contribution in [0.5, 0.6) is 0 Å². The molecule has 3 nitrogen and oxygen atoms in total. The summed E-state index contributed by atoms with van der Waals surface area (Å²) in [7, 11) is 0. The number of rotatable bonds is 0. The first kappa shape index (κ1) is 13.3. The number of esters is 2. The smallest absolute Gasteiger partial charge is 0.347 e. The lowest BCUT2D eigenvalue weighted by molar-refractivity contribution is 0.0445. The van der Waals surface area contributed by atoms with E-state index in [1.807, 2.05) is 61.5 Å². The average Bonchev–Trinajstić information content (AvgIpc) is 2.89. The van der Waals surface area contributed by atoms with Crippen LogP contribution in [0.3, 0.4) is 0 Å². The van der Waals surface area contributed by atoms with E-state index in [-0.39, 0.29) is 0 Å². The van der Waals surface area contributed by atoms with Gasteiger partial charge < -0.3 is 4.74 Å². The van der Waals surface area contributed by atoms with Crippen molar-refractivity contribution in [1.29, 1.82) is 0 Å². The Morgan fingerprint density at radius 2 is 1.42 bits per heavy atom. The van der Waals surface area contributed by atoms with Gasteiger partial charge in [0.25, 0.3) is 0 Å². The van der Waals surface area contributed by atoms with Crippen molar-refractivity contribution in [3.8, 4) is 0 Å². The number of carbonyl (C=O) groups is 2. The summed E-state index contributed by atoms with van der Waals surface area (Å²) >= 11 is 0. The molecule has 0 atom stereocenters. The van der Waals surface area contributed by atoms with Gasteiger partial charge in [-0.15, -0.1) is 0 Å². The van der Waals surface area contributed by atoms with Gasteiger partial charge >= 0.3 is 11.9 Å². The predicted molar refractivity (Wildman–Crippen MR) is 93.4 cm³/mol. The summed E-state index contributed by atoms with van der Waals surface area (Å²) in [4.78, 5) is 24.6. The third-order valence-electron chi connectivity index (χ3n) is 4.76. The normalized spacial score (nSPS) is 13.7. The van der Waals surface area contributed by atoms with Crippen molar-refractivity contribution in [3.63, 3.8) is 0 Å². The Morgan fingerprint density at radius 3 is 2.25 bits per heavy atom. The minimum Gasteiger partial charge on any atom is -0.386 e. The van der Waals surface area contributed by atoms with E-state index in [0.717, 1.165) is 37.9 Å². The Bertz CT molecular complexity index is 1220. The zero-order chi connectivity index (χ0) is 16.4. The predicted octanol–water partition coefficient (Wildman–Crippen LogP) is 4.77. The van der Waals surface area contributed by atoms with Crippen LogP contribution in [0.2, 0.25) is 0 Å². The molecule has 3 heteroatoms. The number of ether oxygens (including phenoxy) is 1. The second-order valence-electron chi connectivity index (χ2n) is 6.19. The maximum Gasteiger partial charge on any atom is 0.347 e. The molecule has 0 fully saturated rings. The topological polar surface area (TPSA) is 43.4 Å². The van der Waals surface area contributed by atoms with Gasteiger partial charge in [-0.05, 0) is 39.2 Å². The Morgan fingerprint density at radius 1 is 0.708 bits per heavy atom. The molecule has 0 amide bonds. The first-order valence-corrected chi connectivity index (χ1v) is 7.79. The summed E-state index contributed by atoms with van der Waals surface area (Å²) in [5.74, 6) is -1.11. The fourth-order valence-electron chi connectivity index (χ4n) is 3.73. The summed E-state index contributed by atoms with van der Waals surface area (Å²) in [6.07, 6.45) is 0. The molecule has 1 aliphatic rings. The van der Waals surface area contributed by atoms with Gasteiger partial charge in [-0.3, -0.25) is 0 Å². The fraction of sp³-hybridized carbons (Fsp3) is 0.0476. The summed E-state index contributed by atoms with van der Waals surface area (Å²) in [6, 6.07) is 18.0. The first-order chi connectivity index (χ1) is 11.6. The van der Waals surface area contributed by atoms with Crippen LogP contribution in [-0.2, 0) is 4.74 Å². The molecule has 0 N–H and O–H groups in total. The van der Waals surface area contributed by atoms with Gasteiger partial charge in [0.1, 0.15) is 0 Å². The van der Waals surface area contributed by atoms with Crippen molar-refractivity contribution in [2.45, 2.75) is 6.92 Å². The molecule has 1 aliphatic heterocycles. The van der Waals surface area contributed by atoms with Gasteiger partial charge in [-0.25, -0.2) is 9.59 Å². The van der Waals surface area contributed by atoms with Crippen LogP contribution in [0.15, 0.2) is 54.6 Å². The molecule has 0 saturated carbocycles. The molecule has 5 rings (SSSR count). The number of aryl methyl sites for hydroxylation is 1. The molecule has 0 spiro atoms. The number of fused-ring (bicyclic) bond motifs is 8. The molecule has 4 aromatic rings. The lowest BCUT2D eigenvalue weighted by atomic mass is 9.89. The van der Waals surface area contributed by atoms with Crippen molar-refractivity contribution >= 4 is 44.3 Å². The number of benzene rings is 4. The Kier molecular flexibility index (Phi) is 2.44. The van der Waals surface area contributed by atoms with Gasteiger partial charge in [-0.2, -0.15) is 0 Å². The van der Waals surface area contributed by atoms with Crippen LogP contribution < -0.4 is 0 Å². The van der Waals surface area contributed by atoms with Gasteiger partial charge in [0.15, 0.2) is 0 Å². The van der Waals surface area contributed by atoms with E-state index in [9.17, 15) is 9.59 Å². The number of hydrogen-bond acceptors (Lipinski definition) is 3. The molecule has 114 valence electrons. The van der Waals surface area contributed by atoms with Gasteiger partial charge in [-0.1, -0.05) is 60.2 Å². The Balaban J connectivity index is 2.17. The highest BCUT2D eigenvalue weighted by Crippen LogP contribution is 2.40. The standard InChI is InChI=1S/C21H12O3/c1-11-6-8-14-16(10-11)19-18(20(22)24-21(19)23)15-9-7-12-4-2-3-5-13(12)17(14)15/h2-10H,1H3. The van der Waals surface area contributed by atoms with Crippen molar-refractivity contribution in [2.24, 2.45) is 0 Å². The summed E-state index contributed by atoms with van der Waals surface area (Å²) in [5.41, 5.74) is 1.82. The van der Waals surface area contributed by atoms with Crippen molar-refractivity contribution < 1.29 is 14.3 Å². The van der Waals surface area contributed by atoms with Crippen LogP contribution >= 0.6 is 0 Å². The molecule has 0 radical (unpaired) electrons. The molecule has 0 bridgehead atoms. The highest BCUT2D eigenvalue weighted by Gasteiger charge is 2.34. The molecule has 1 heterocycles. The lowest BCUT2D eigenvalue weighted by Crippen LogP contribution is -1.97. The second kappa shape index (κ2) is 4.42. The van der Waals surface area contributed by atoms with Crippen LogP contribution in [0.4, 0.5) is 0 Å². The molecule has 24 heavy (non-hydrogen) atoms. The summed E-state index contributed by atoms with van der Waals surface area (Å²) < 4.78 is 4.92. The SMILES string of the molecule is Cc1ccc2c(c1)c1c(c3ccc4ccccc4c32)C(=O)OC1=O. The zero-order valence-corrected chi connectivity index (χ0v) is 12.9. The van der Waals surface area contributed by atoms with E-state index < -0.39 is 11.9 Å². The van der Waals surface area contributed by atoms with E-state index >= 15 is 0 Å². The molecule has 0 aromatic heterocycles. The van der Waals surface area contributed by atoms with E-state index in [1.165, 1.54) is 0 Å². The lowest BCUT2D eigenvalue weighted by Gasteiger charge is -2.11. The van der Waals surface area contributed by atoms with Crippen LogP contribution in [0.1, 0.15) is 26.3 Å². The highest BCUT2D eigenvalue weighted by molar-refractivity contribution is 6.33. The second-order valence-corrected chi connectivity index (χ2v) is 6.19. The quantitative estimate of drug-likeness (QED) is 0.267. The van der Waals surface area contributed by atoms with Crippen molar-refractivity contribution in [1.82, 2.24) is 0 Å². The van der Waals surface area contributed by atoms with E-state index in [1.54, 1.807) is 0 Å². The van der Waals surface area contributed by atoms with Crippen LogP contribution in [0.25, 0.3) is 32.3 Å². The summed E-state index contributed by atoms with van der Waals surface area (Å²) in [6.45, 7) is 1.97. The van der Waals surface area contributed by atoms with Crippen LogP contribution in [-0.4, -0.2) is 11.9 Å². The Labute approximate surface area is 137 Å². The third kappa shape index (κ3) is 1.56. The minimum absolute atomic E-state index is 0.388. The first-order valence-electron chi connectivity index (χ1n) is 7.79. The number of cyclic esters (lactones) is 2. The third-order valence-corrected chi connectivity index (χ3v) is 4.76. The molecule has 4 aromatic carbocycles. The molecular weight excluding hydrogens is 300 g/mol. The maximum atomic E-state index is 12.3. The monoisotopic (exact) mass is 312 g/mol. The summed E-state index contributed by atoms with van der Waals surface area (Å²) in [5, 5.41) is 5.69. The molecule has 0 unspecified atom stereocenters. The Hall–Kier alpha value is -3.20.